The van der Waals surface area contributed by atoms with E-state index in [1.54, 1.807) is 0 Å². The summed E-state index contributed by atoms with van der Waals surface area (Å²) in [4.78, 5) is 0. The average molecular weight is 307 g/mol. The lowest BCUT2D eigenvalue weighted by atomic mass is 10.1. The molecule has 0 radical (unpaired) electrons. The number of aliphatic hydroxyl groups is 1. The summed E-state index contributed by atoms with van der Waals surface area (Å²) in [5.74, 6) is 1.54. The Morgan fingerprint density at radius 3 is 2.50 bits per heavy atom. The van der Waals surface area contributed by atoms with Gasteiger partial charge in [-0.3, -0.25) is 0 Å². The third kappa shape index (κ3) is 2.92. The fourth-order valence-electron chi connectivity index (χ4n) is 1.79. The number of halogens is 1. The molecule has 18 heavy (non-hydrogen) atoms. The summed E-state index contributed by atoms with van der Waals surface area (Å²) in [7, 11) is 0. The van der Waals surface area contributed by atoms with Crippen LogP contribution in [0, 0.1) is 0 Å². The number of hydrogen-bond donors (Lipinski definition) is 1. The van der Waals surface area contributed by atoms with Gasteiger partial charge in [-0.2, -0.15) is 0 Å². The van der Waals surface area contributed by atoms with Crippen LogP contribution < -0.4 is 4.74 Å². The van der Waals surface area contributed by atoms with E-state index < -0.39 is 0 Å². The maximum Gasteiger partial charge on any atom is 0.133 e. The van der Waals surface area contributed by atoms with Crippen molar-refractivity contribution in [1.29, 1.82) is 0 Å². The van der Waals surface area contributed by atoms with Crippen molar-refractivity contribution in [2.45, 2.75) is 20.0 Å². The molecule has 0 bridgehead atoms. The third-order valence-corrected chi connectivity index (χ3v) is 3.26. The lowest BCUT2D eigenvalue weighted by Crippen LogP contribution is -1.94. The van der Waals surface area contributed by atoms with Gasteiger partial charge in [0, 0.05) is 10.0 Å². The SMILES string of the molecule is CCc1ccccc1Oc1ccc(Br)cc1CO. The van der Waals surface area contributed by atoms with Gasteiger partial charge in [0.1, 0.15) is 11.5 Å². The van der Waals surface area contributed by atoms with Gasteiger partial charge in [-0.25, -0.2) is 0 Å². The van der Waals surface area contributed by atoms with Gasteiger partial charge in [-0.1, -0.05) is 41.1 Å². The largest absolute Gasteiger partial charge is 0.457 e. The minimum Gasteiger partial charge on any atom is -0.457 e. The second-order valence-corrected chi connectivity index (χ2v) is 4.89. The Hall–Kier alpha value is -1.32. The van der Waals surface area contributed by atoms with Crippen molar-refractivity contribution < 1.29 is 9.84 Å². The Morgan fingerprint density at radius 2 is 1.78 bits per heavy atom. The lowest BCUT2D eigenvalue weighted by molar-refractivity contribution is 0.276. The van der Waals surface area contributed by atoms with Crippen LogP contribution in [-0.4, -0.2) is 5.11 Å². The van der Waals surface area contributed by atoms with Crippen molar-refractivity contribution in [3.63, 3.8) is 0 Å². The first-order valence-corrected chi connectivity index (χ1v) is 6.69. The first-order chi connectivity index (χ1) is 8.74. The van der Waals surface area contributed by atoms with Crippen molar-refractivity contribution >= 4 is 15.9 Å². The molecule has 2 nitrogen and oxygen atoms in total. The Labute approximate surface area is 115 Å². The van der Waals surface area contributed by atoms with Crippen LogP contribution in [0.15, 0.2) is 46.9 Å². The van der Waals surface area contributed by atoms with E-state index >= 15 is 0 Å². The van der Waals surface area contributed by atoms with Crippen LogP contribution in [0.3, 0.4) is 0 Å². The molecule has 0 aliphatic heterocycles. The Bertz CT molecular complexity index is 538. The highest BCUT2D eigenvalue weighted by molar-refractivity contribution is 9.10. The van der Waals surface area contributed by atoms with E-state index in [9.17, 15) is 5.11 Å². The second-order valence-electron chi connectivity index (χ2n) is 3.97. The Kier molecular flexibility index (Phi) is 4.39. The predicted molar refractivity (Wildman–Crippen MR) is 76.0 cm³/mol. The van der Waals surface area contributed by atoms with Crippen LogP contribution in [0.5, 0.6) is 11.5 Å². The zero-order valence-corrected chi connectivity index (χ0v) is 11.8. The number of rotatable bonds is 4. The number of hydrogen-bond acceptors (Lipinski definition) is 2. The van der Waals surface area contributed by atoms with E-state index in [4.69, 9.17) is 4.74 Å². The standard InChI is InChI=1S/C15H15BrO2/c1-2-11-5-3-4-6-14(11)18-15-8-7-13(16)9-12(15)10-17/h3-9,17H,2,10H2,1H3. The number of ether oxygens (including phenoxy) is 1. The third-order valence-electron chi connectivity index (χ3n) is 2.77. The molecule has 0 aliphatic rings. The highest BCUT2D eigenvalue weighted by Crippen LogP contribution is 2.30. The lowest BCUT2D eigenvalue weighted by Gasteiger charge is -2.12. The van der Waals surface area contributed by atoms with E-state index in [1.807, 2.05) is 42.5 Å². The van der Waals surface area contributed by atoms with E-state index in [-0.39, 0.29) is 6.61 Å². The van der Waals surface area contributed by atoms with Gasteiger partial charge in [0.15, 0.2) is 0 Å². The highest BCUT2D eigenvalue weighted by atomic mass is 79.9. The summed E-state index contributed by atoms with van der Waals surface area (Å²) >= 11 is 3.38. The maximum absolute atomic E-state index is 9.35. The Balaban J connectivity index is 2.33. The summed E-state index contributed by atoms with van der Waals surface area (Å²) in [5.41, 5.74) is 1.93. The fraction of sp³-hybridized carbons (Fsp3) is 0.200. The van der Waals surface area contributed by atoms with Gasteiger partial charge < -0.3 is 9.84 Å². The van der Waals surface area contributed by atoms with Gasteiger partial charge in [0.2, 0.25) is 0 Å². The van der Waals surface area contributed by atoms with Crippen LogP contribution in [0.1, 0.15) is 18.1 Å². The highest BCUT2D eigenvalue weighted by Gasteiger charge is 2.07. The summed E-state index contributed by atoms with van der Waals surface area (Å²) in [5, 5.41) is 9.35. The molecule has 2 rings (SSSR count). The maximum atomic E-state index is 9.35. The molecule has 0 saturated carbocycles. The molecule has 0 saturated heterocycles. The van der Waals surface area contributed by atoms with E-state index in [1.165, 1.54) is 0 Å². The topological polar surface area (TPSA) is 29.5 Å². The van der Waals surface area contributed by atoms with Gasteiger partial charge >= 0.3 is 0 Å². The molecule has 3 heteroatoms. The number of aryl methyl sites for hydroxylation is 1. The molecule has 0 unspecified atom stereocenters. The smallest absolute Gasteiger partial charge is 0.133 e. The molecule has 0 fully saturated rings. The monoisotopic (exact) mass is 306 g/mol. The van der Waals surface area contributed by atoms with E-state index in [2.05, 4.69) is 22.9 Å². The molecule has 0 aliphatic carbocycles. The molecular formula is C15H15BrO2. The molecular weight excluding hydrogens is 292 g/mol. The van der Waals surface area contributed by atoms with Crippen LogP contribution in [-0.2, 0) is 13.0 Å². The zero-order valence-electron chi connectivity index (χ0n) is 10.2. The van der Waals surface area contributed by atoms with Crippen LogP contribution in [0.25, 0.3) is 0 Å². The molecule has 94 valence electrons. The van der Waals surface area contributed by atoms with Gasteiger partial charge in [0.05, 0.1) is 6.61 Å². The number of aliphatic hydroxyl groups excluding tert-OH is 1. The summed E-state index contributed by atoms with van der Waals surface area (Å²) in [6, 6.07) is 13.6. The molecule has 0 aromatic heterocycles. The molecule has 0 spiro atoms. The van der Waals surface area contributed by atoms with Gasteiger partial charge in [-0.05, 0) is 36.2 Å². The van der Waals surface area contributed by atoms with Crippen LogP contribution in [0.2, 0.25) is 0 Å². The van der Waals surface area contributed by atoms with Gasteiger partial charge in [-0.15, -0.1) is 0 Å². The first-order valence-electron chi connectivity index (χ1n) is 5.89. The quantitative estimate of drug-likeness (QED) is 0.912. The second kappa shape index (κ2) is 6.03. The number of benzene rings is 2. The normalized spacial score (nSPS) is 10.4. The first kappa shape index (κ1) is 13.1. The van der Waals surface area contributed by atoms with Crippen molar-refractivity contribution in [3.8, 4) is 11.5 Å². The van der Waals surface area contributed by atoms with Crippen molar-refractivity contribution in [2.75, 3.05) is 0 Å². The molecule has 0 amide bonds. The van der Waals surface area contributed by atoms with E-state index in [0.717, 1.165) is 27.8 Å². The zero-order chi connectivity index (χ0) is 13.0. The van der Waals surface area contributed by atoms with Crippen molar-refractivity contribution in [1.82, 2.24) is 0 Å². The van der Waals surface area contributed by atoms with Crippen molar-refractivity contribution in [2.24, 2.45) is 0 Å². The Morgan fingerprint density at radius 1 is 1.06 bits per heavy atom. The van der Waals surface area contributed by atoms with E-state index in [0.29, 0.717) is 5.75 Å². The molecule has 0 heterocycles. The molecule has 2 aromatic rings. The van der Waals surface area contributed by atoms with Crippen LogP contribution in [0.4, 0.5) is 0 Å². The number of para-hydroxylation sites is 1. The molecule has 0 atom stereocenters. The summed E-state index contributed by atoms with van der Waals surface area (Å²) < 4.78 is 6.83. The van der Waals surface area contributed by atoms with Crippen LogP contribution >= 0.6 is 15.9 Å². The van der Waals surface area contributed by atoms with Crippen molar-refractivity contribution in [3.05, 3.63) is 58.1 Å². The minimum absolute atomic E-state index is 0.0386. The van der Waals surface area contributed by atoms with Gasteiger partial charge in [0.25, 0.3) is 0 Å². The fourth-order valence-corrected chi connectivity index (χ4v) is 2.19. The summed E-state index contributed by atoms with van der Waals surface area (Å²) in [6.45, 7) is 2.06. The molecule has 2 aromatic carbocycles. The predicted octanol–water partition coefficient (Wildman–Crippen LogP) is 4.30. The molecule has 1 N–H and O–H groups in total. The minimum atomic E-state index is -0.0386. The summed E-state index contributed by atoms with van der Waals surface area (Å²) in [6.07, 6.45) is 0.918. The average Bonchev–Trinajstić information content (AvgIpc) is 2.41.